The Labute approximate surface area is 137 Å². The number of likely N-dealkylation sites (N-methyl/N-ethyl adjacent to an activating group) is 1. The van der Waals surface area contributed by atoms with Crippen molar-refractivity contribution < 1.29 is 13.9 Å². The lowest BCUT2D eigenvalue weighted by molar-refractivity contribution is 0.0772. The molecule has 3 nitrogen and oxygen atoms in total. The third kappa shape index (κ3) is 4.07. The molecular weight excluding hydrogens is 349 g/mol. The smallest absolute Gasteiger partial charge is 0.254 e. The molecule has 0 saturated carbocycles. The Kier molecular flexibility index (Phi) is 5.55. The number of nitrogens with zero attached hydrogens (tertiary/aromatic N) is 1. The zero-order valence-corrected chi connectivity index (χ0v) is 14.1. The second-order valence-electron chi connectivity index (χ2n) is 4.96. The van der Waals surface area contributed by atoms with Crippen molar-refractivity contribution >= 4 is 21.8 Å². The molecule has 0 N–H and O–H groups in total. The highest BCUT2D eigenvalue weighted by Crippen LogP contribution is 2.19. The molecule has 0 bridgehead atoms. The number of carbonyl (C=O) groups excluding carboxylic acids is 1. The Morgan fingerprint density at radius 2 is 2.00 bits per heavy atom. The Morgan fingerprint density at radius 1 is 1.27 bits per heavy atom. The van der Waals surface area contributed by atoms with Crippen LogP contribution in [-0.4, -0.2) is 31.0 Å². The maximum absolute atomic E-state index is 13.3. The highest BCUT2D eigenvalue weighted by atomic mass is 79.9. The van der Waals surface area contributed by atoms with Gasteiger partial charge in [0.1, 0.15) is 18.2 Å². The summed E-state index contributed by atoms with van der Waals surface area (Å²) in [6, 6.07) is 11.8. The van der Waals surface area contributed by atoms with Gasteiger partial charge in [-0.1, -0.05) is 18.2 Å². The lowest BCUT2D eigenvalue weighted by Gasteiger charge is -2.18. The van der Waals surface area contributed by atoms with Crippen molar-refractivity contribution in [3.05, 3.63) is 63.9 Å². The van der Waals surface area contributed by atoms with E-state index in [-0.39, 0.29) is 5.91 Å². The first-order valence-corrected chi connectivity index (χ1v) is 7.67. The van der Waals surface area contributed by atoms with Crippen molar-refractivity contribution in [1.82, 2.24) is 4.90 Å². The maximum atomic E-state index is 13.3. The van der Waals surface area contributed by atoms with Gasteiger partial charge in [-0.3, -0.25) is 4.79 Å². The van der Waals surface area contributed by atoms with E-state index in [4.69, 9.17) is 4.74 Å². The second kappa shape index (κ2) is 7.40. The fourth-order valence-corrected chi connectivity index (χ4v) is 2.40. The summed E-state index contributed by atoms with van der Waals surface area (Å²) in [5.41, 5.74) is 1.35. The van der Waals surface area contributed by atoms with Crippen LogP contribution in [0.3, 0.4) is 0 Å². The molecular formula is C17H17BrFNO2. The summed E-state index contributed by atoms with van der Waals surface area (Å²) >= 11 is 3.27. The highest BCUT2D eigenvalue weighted by molar-refractivity contribution is 9.10. The van der Waals surface area contributed by atoms with E-state index in [0.29, 0.717) is 23.2 Å². The van der Waals surface area contributed by atoms with Crippen LogP contribution in [0.15, 0.2) is 46.9 Å². The van der Waals surface area contributed by atoms with E-state index >= 15 is 0 Å². The summed E-state index contributed by atoms with van der Waals surface area (Å²) in [4.78, 5) is 13.8. The largest absolute Gasteiger partial charge is 0.491 e. The summed E-state index contributed by atoms with van der Waals surface area (Å²) in [6.45, 7) is 2.75. The molecule has 0 saturated heterocycles. The van der Waals surface area contributed by atoms with Gasteiger partial charge in [-0.2, -0.15) is 0 Å². The van der Waals surface area contributed by atoms with Gasteiger partial charge in [0.15, 0.2) is 0 Å². The molecule has 0 radical (unpaired) electrons. The average Bonchev–Trinajstić information content (AvgIpc) is 2.50. The number of hydrogen-bond acceptors (Lipinski definition) is 2. The van der Waals surface area contributed by atoms with Crippen molar-refractivity contribution in [3.63, 3.8) is 0 Å². The summed E-state index contributed by atoms with van der Waals surface area (Å²) in [5, 5.41) is 0. The topological polar surface area (TPSA) is 29.5 Å². The van der Waals surface area contributed by atoms with Crippen LogP contribution in [0.1, 0.15) is 15.9 Å². The molecule has 22 heavy (non-hydrogen) atoms. The third-order valence-corrected chi connectivity index (χ3v) is 3.97. The Balaban J connectivity index is 1.94. The quantitative estimate of drug-likeness (QED) is 0.799. The molecule has 0 heterocycles. The fraction of sp³-hybridized carbons (Fsp3) is 0.235. The number of rotatable bonds is 5. The molecule has 116 valence electrons. The molecule has 2 aromatic rings. The summed E-state index contributed by atoms with van der Waals surface area (Å²) < 4.78 is 19.5. The first kappa shape index (κ1) is 16.5. The van der Waals surface area contributed by atoms with Gasteiger partial charge in [-0.15, -0.1) is 0 Å². The first-order chi connectivity index (χ1) is 10.5. The average molecular weight is 366 g/mol. The molecule has 0 aromatic heterocycles. The van der Waals surface area contributed by atoms with Gasteiger partial charge in [-0.05, 0) is 52.7 Å². The fourth-order valence-electron chi connectivity index (χ4n) is 1.98. The van der Waals surface area contributed by atoms with Crippen LogP contribution >= 0.6 is 15.9 Å². The maximum Gasteiger partial charge on any atom is 0.254 e. The number of halogens is 2. The highest BCUT2D eigenvalue weighted by Gasteiger charge is 2.15. The van der Waals surface area contributed by atoms with Crippen LogP contribution in [0.2, 0.25) is 0 Å². The Morgan fingerprint density at radius 3 is 2.73 bits per heavy atom. The van der Waals surface area contributed by atoms with Gasteiger partial charge in [0.25, 0.3) is 5.91 Å². The minimum absolute atomic E-state index is 0.250. The van der Waals surface area contributed by atoms with Crippen LogP contribution in [0.5, 0.6) is 5.75 Å². The van der Waals surface area contributed by atoms with Gasteiger partial charge in [0, 0.05) is 11.5 Å². The molecule has 1 amide bonds. The molecule has 0 atom stereocenters. The molecule has 0 aliphatic heterocycles. The van der Waals surface area contributed by atoms with E-state index in [0.717, 1.165) is 11.3 Å². The monoisotopic (exact) mass is 365 g/mol. The number of carbonyl (C=O) groups is 1. The predicted octanol–water partition coefficient (Wildman–Crippen LogP) is 4.05. The number of ether oxygens (including phenoxy) is 1. The van der Waals surface area contributed by atoms with Crippen molar-refractivity contribution in [3.8, 4) is 5.75 Å². The Bertz CT molecular complexity index is 675. The SMILES string of the molecule is Cc1ccccc1OCCN(C)C(=O)c1cc(F)ccc1Br. The van der Waals surface area contributed by atoms with E-state index in [1.807, 2.05) is 31.2 Å². The van der Waals surface area contributed by atoms with Gasteiger partial charge in [0.05, 0.1) is 12.1 Å². The minimum atomic E-state index is -0.434. The number of benzene rings is 2. The van der Waals surface area contributed by atoms with Crippen molar-refractivity contribution in [2.45, 2.75) is 6.92 Å². The van der Waals surface area contributed by atoms with Crippen LogP contribution < -0.4 is 4.74 Å². The standard InChI is InChI=1S/C17H17BrFNO2/c1-12-5-3-4-6-16(12)22-10-9-20(2)17(21)14-11-13(19)7-8-15(14)18/h3-8,11H,9-10H2,1-2H3. The van der Waals surface area contributed by atoms with Crippen LogP contribution in [0, 0.1) is 12.7 Å². The zero-order chi connectivity index (χ0) is 16.1. The van der Waals surface area contributed by atoms with Crippen LogP contribution in [0.4, 0.5) is 4.39 Å². The molecule has 0 aliphatic rings. The molecule has 0 fully saturated rings. The van der Waals surface area contributed by atoms with Crippen molar-refractivity contribution in [2.24, 2.45) is 0 Å². The lowest BCUT2D eigenvalue weighted by atomic mass is 10.2. The van der Waals surface area contributed by atoms with Gasteiger partial charge in [0.2, 0.25) is 0 Å². The van der Waals surface area contributed by atoms with E-state index < -0.39 is 5.82 Å². The van der Waals surface area contributed by atoms with Gasteiger partial charge in [-0.25, -0.2) is 4.39 Å². The minimum Gasteiger partial charge on any atom is -0.491 e. The normalized spacial score (nSPS) is 10.4. The third-order valence-electron chi connectivity index (χ3n) is 3.28. The van der Waals surface area contributed by atoms with E-state index in [2.05, 4.69) is 15.9 Å². The Hall–Kier alpha value is -1.88. The first-order valence-electron chi connectivity index (χ1n) is 6.88. The zero-order valence-electron chi connectivity index (χ0n) is 12.5. The van der Waals surface area contributed by atoms with Gasteiger partial charge < -0.3 is 9.64 Å². The number of para-hydroxylation sites is 1. The molecule has 0 aliphatic carbocycles. The lowest BCUT2D eigenvalue weighted by Crippen LogP contribution is -2.31. The van der Waals surface area contributed by atoms with E-state index in [1.54, 1.807) is 7.05 Å². The molecule has 2 aromatic carbocycles. The molecule has 5 heteroatoms. The summed E-state index contributed by atoms with van der Waals surface area (Å²) in [5.74, 6) is 0.117. The van der Waals surface area contributed by atoms with Crippen molar-refractivity contribution in [2.75, 3.05) is 20.2 Å². The van der Waals surface area contributed by atoms with E-state index in [1.165, 1.54) is 23.1 Å². The predicted molar refractivity (Wildman–Crippen MR) is 87.7 cm³/mol. The number of amides is 1. The summed E-state index contributed by atoms with van der Waals surface area (Å²) in [6.07, 6.45) is 0. The summed E-state index contributed by atoms with van der Waals surface area (Å²) in [7, 11) is 1.67. The number of aryl methyl sites for hydroxylation is 1. The van der Waals surface area contributed by atoms with E-state index in [9.17, 15) is 9.18 Å². The number of hydrogen-bond donors (Lipinski definition) is 0. The second-order valence-corrected chi connectivity index (χ2v) is 5.82. The van der Waals surface area contributed by atoms with Crippen molar-refractivity contribution in [1.29, 1.82) is 0 Å². The molecule has 0 spiro atoms. The van der Waals surface area contributed by atoms with Crippen LogP contribution in [-0.2, 0) is 0 Å². The van der Waals surface area contributed by atoms with Crippen LogP contribution in [0.25, 0.3) is 0 Å². The molecule has 0 unspecified atom stereocenters. The molecule has 2 rings (SSSR count). The van der Waals surface area contributed by atoms with Gasteiger partial charge >= 0.3 is 0 Å².